The van der Waals surface area contributed by atoms with Gasteiger partial charge >= 0.3 is 0 Å². The average molecular weight is 280 g/mol. The molecule has 0 aliphatic rings. The largest absolute Gasteiger partial charge is 0.222 e. The molecule has 2 aromatic heterocycles. The van der Waals surface area contributed by atoms with E-state index in [1.54, 1.807) is 4.68 Å². The van der Waals surface area contributed by atoms with Crippen LogP contribution >= 0.6 is 15.9 Å². The highest BCUT2D eigenvalue weighted by atomic mass is 79.9. The summed E-state index contributed by atoms with van der Waals surface area (Å²) in [7, 11) is 0. The van der Waals surface area contributed by atoms with Crippen molar-refractivity contribution in [3.8, 4) is 5.82 Å². The van der Waals surface area contributed by atoms with Crippen LogP contribution in [0.25, 0.3) is 5.82 Å². The molecule has 84 valence electrons. The van der Waals surface area contributed by atoms with Crippen LogP contribution in [0.5, 0.6) is 0 Å². The Labute approximate surface area is 104 Å². The van der Waals surface area contributed by atoms with Crippen LogP contribution in [0.4, 0.5) is 0 Å². The molecule has 2 heterocycles. The summed E-state index contributed by atoms with van der Waals surface area (Å²) in [5.74, 6) is 0.824. The summed E-state index contributed by atoms with van der Waals surface area (Å²) in [6.45, 7) is 6.51. The monoisotopic (exact) mass is 279 g/mol. The smallest absolute Gasteiger partial charge is 0.154 e. The summed E-state index contributed by atoms with van der Waals surface area (Å²) in [4.78, 5) is 4.36. The molecule has 0 unspecified atom stereocenters. The Kier molecular flexibility index (Phi) is 2.84. The highest BCUT2D eigenvalue weighted by molar-refractivity contribution is 9.10. The molecule has 0 atom stereocenters. The van der Waals surface area contributed by atoms with Crippen LogP contribution in [0.15, 0.2) is 35.2 Å². The van der Waals surface area contributed by atoms with Crippen molar-refractivity contribution in [2.24, 2.45) is 0 Å². The molecule has 0 radical (unpaired) electrons. The molecule has 0 spiro atoms. The maximum Gasteiger partial charge on any atom is 0.154 e. The number of aromatic nitrogens is 3. The lowest BCUT2D eigenvalue weighted by Gasteiger charge is -2.14. The van der Waals surface area contributed by atoms with E-state index in [1.165, 1.54) is 5.56 Å². The third-order valence-corrected chi connectivity index (χ3v) is 2.83. The molecule has 3 nitrogen and oxygen atoms in total. The normalized spacial score (nSPS) is 11.8. The van der Waals surface area contributed by atoms with E-state index >= 15 is 0 Å². The van der Waals surface area contributed by atoms with Crippen molar-refractivity contribution >= 4 is 15.9 Å². The lowest BCUT2D eigenvalue weighted by atomic mass is 9.90. The van der Waals surface area contributed by atoms with Gasteiger partial charge in [-0.15, -0.1) is 0 Å². The van der Waals surface area contributed by atoms with Gasteiger partial charge in [0, 0.05) is 6.20 Å². The predicted octanol–water partition coefficient (Wildman–Crippen LogP) is 3.33. The van der Waals surface area contributed by atoms with Gasteiger partial charge in [-0.3, -0.25) is 0 Å². The van der Waals surface area contributed by atoms with Gasteiger partial charge < -0.3 is 0 Å². The van der Waals surface area contributed by atoms with Crippen LogP contribution < -0.4 is 0 Å². The van der Waals surface area contributed by atoms with E-state index in [-0.39, 0.29) is 5.41 Å². The van der Waals surface area contributed by atoms with E-state index in [0.29, 0.717) is 0 Å². The average Bonchev–Trinajstić information content (AvgIpc) is 2.65. The molecule has 0 amide bonds. The maximum absolute atomic E-state index is 4.36. The molecule has 0 bridgehead atoms. The van der Waals surface area contributed by atoms with Gasteiger partial charge in [-0.05, 0) is 39.0 Å². The van der Waals surface area contributed by atoms with Crippen LogP contribution in [0, 0.1) is 0 Å². The van der Waals surface area contributed by atoms with E-state index in [0.717, 1.165) is 10.4 Å². The van der Waals surface area contributed by atoms with Crippen LogP contribution in [0.3, 0.4) is 0 Å². The molecular formula is C12H14BrN3. The quantitative estimate of drug-likeness (QED) is 0.750. The van der Waals surface area contributed by atoms with Gasteiger partial charge in [0.15, 0.2) is 5.82 Å². The Morgan fingerprint density at radius 1 is 1.25 bits per heavy atom. The fraction of sp³-hybridized carbons (Fsp3) is 0.333. The molecule has 0 saturated heterocycles. The van der Waals surface area contributed by atoms with Crippen LogP contribution in [-0.4, -0.2) is 14.8 Å². The van der Waals surface area contributed by atoms with E-state index in [1.807, 2.05) is 30.6 Å². The first-order valence-electron chi connectivity index (χ1n) is 5.15. The van der Waals surface area contributed by atoms with Crippen molar-refractivity contribution < 1.29 is 0 Å². The number of pyridine rings is 1. The lowest BCUT2D eigenvalue weighted by Crippen LogP contribution is -2.09. The highest BCUT2D eigenvalue weighted by Crippen LogP contribution is 2.22. The van der Waals surface area contributed by atoms with Crippen LogP contribution in [0.2, 0.25) is 0 Å². The minimum absolute atomic E-state index is 0.115. The Bertz CT molecular complexity index is 497. The zero-order chi connectivity index (χ0) is 11.8. The van der Waals surface area contributed by atoms with Gasteiger partial charge in [0.25, 0.3) is 0 Å². The Morgan fingerprint density at radius 3 is 2.56 bits per heavy atom. The first kappa shape index (κ1) is 11.3. The summed E-state index contributed by atoms with van der Waals surface area (Å²) in [6.07, 6.45) is 3.91. The number of hydrogen-bond donors (Lipinski definition) is 0. The summed E-state index contributed by atoms with van der Waals surface area (Å²) in [5.41, 5.74) is 1.32. The number of nitrogens with zero attached hydrogens (tertiary/aromatic N) is 3. The lowest BCUT2D eigenvalue weighted by molar-refractivity contribution is 0.590. The van der Waals surface area contributed by atoms with Crippen LogP contribution in [-0.2, 0) is 5.41 Å². The molecular weight excluding hydrogens is 266 g/mol. The minimum atomic E-state index is 0.115. The molecule has 0 saturated carbocycles. The van der Waals surface area contributed by atoms with E-state index in [9.17, 15) is 0 Å². The Morgan fingerprint density at radius 2 is 2.00 bits per heavy atom. The van der Waals surface area contributed by atoms with E-state index < -0.39 is 0 Å². The summed E-state index contributed by atoms with van der Waals surface area (Å²) < 4.78 is 2.61. The van der Waals surface area contributed by atoms with Crippen LogP contribution in [0.1, 0.15) is 26.3 Å². The van der Waals surface area contributed by atoms with Crippen molar-refractivity contribution in [2.45, 2.75) is 26.2 Å². The van der Waals surface area contributed by atoms with Gasteiger partial charge in [0.1, 0.15) is 4.60 Å². The number of rotatable bonds is 1. The molecule has 2 aromatic rings. The highest BCUT2D eigenvalue weighted by Gasteiger charge is 2.16. The fourth-order valence-electron chi connectivity index (χ4n) is 1.36. The number of halogens is 1. The molecule has 0 aliphatic carbocycles. The summed E-state index contributed by atoms with van der Waals surface area (Å²) in [6, 6.07) is 5.78. The van der Waals surface area contributed by atoms with E-state index in [4.69, 9.17) is 0 Å². The van der Waals surface area contributed by atoms with Gasteiger partial charge in [-0.2, -0.15) is 5.10 Å². The second-order valence-corrected chi connectivity index (χ2v) is 5.55. The molecule has 0 fully saturated rings. The molecule has 0 aromatic carbocycles. The van der Waals surface area contributed by atoms with Crippen molar-refractivity contribution in [1.82, 2.24) is 14.8 Å². The zero-order valence-corrected chi connectivity index (χ0v) is 11.2. The number of hydrogen-bond acceptors (Lipinski definition) is 2. The molecule has 4 heteroatoms. The van der Waals surface area contributed by atoms with Gasteiger partial charge in [0.2, 0.25) is 0 Å². The minimum Gasteiger partial charge on any atom is -0.222 e. The maximum atomic E-state index is 4.36. The summed E-state index contributed by atoms with van der Waals surface area (Å²) in [5, 5.41) is 4.33. The third-order valence-electron chi connectivity index (χ3n) is 2.38. The standard InChI is InChI=1S/C12H14BrN3/c1-12(2,3)9-7-14-16(8-9)11-6-4-5-10(13)15-11/h4-8H,1-3H3. The fourth-order valence-corrected chi connectivity index (χ4v) is 1.69. The topological polar surface area (TPSA) is 30.7 Å². The SMILES string of the molecule is CC(C)(C)c1cnn(-c2cccc(Br)n2)c1. The molecule has 16 heavy (non-hydrogen) atoms. The van der Waals surface area contributed by atoms with Crippen molar-refractivity contribution in [3.05, 3.63) is 40.8 Å². The van der Waals surface area contributed by atoms with Gasteiger partial charge in [0.05, 0.1) is 6.20 Å². The van der Waals surface area contributed by atoms with Crippen molar-refractivity contribution in [3.63, 3.8) is 0 Å². The summed E-state index contributed by atoms with van der Waals surface area (Å²) >= 11 is 3.35. The molecule has 0 aliphatic heterocycles. The zero-order valence-electron chi connectivity index (χ0n) is 9.61. The van der Waals surface area contributed by atoms with Gasteiger partial charge in [-0.25, -0.2) is 9.67 Å². The third kappa shape index (κ3) is 2.32. The van der Waals surface area contributed by atoms with Crippen molar-refractivity contribution in [1.29, 1.82) is 0 Å². The Balaban J connectivity index is 2.39. The second kappa shape index (κ2) is 4.01. The molecule has 2 rings (SSSR count). The Hall–Kier alpha value is -1.16. The first-order chi connectivity index (χ1) is 7.47. The predicted molar refractivity (Wildman–Crippen MR) is 67.8 cm³/mol. The van der Waals surface area contributed by atoms with Crippen molar-refractivity contribution in [2.75, 3.05) is 0 Å². The molecule has 0 N–H and O–H groups in total. The van der Waals surface area contributed by atoms with Gasteiger partial charge in [-0.1, -0.05) is 26.8 Å². The first-order valence-corrected chi connectivity index (χ1v) is 5.94. The van der Waals surface area contributed by atoms with E-state index in [2.05, 4.69) is 46.8 Å². The second-order valence-electron chi connectivity index (χ2n) is 4.74.